The number of carbonyl (C=O) groups is 1. The summed E-state index contributed by atoms with van der Waals surface area (Å²) >= 11 is 0. The lowest BCUT2D eigenvalue weighted by Crippen LogP contribution is -2.10. The van der Waals surface area contributed by atoms with Gasteiger partial charge in [-0.25, -0.2) is 9.37 Å². The minimum absolute atomic E-state index is 0.249. The molecule has 0 saturated heterocycles. The molecule has 2 N–H and O–H groups in total. The molecule has 18 heavy (non-hydrogen) atoms. The smallest absolute Gasteiger partial charge is 0.207 e. The van der Waals surface area contributed by atoms with Gasteiger partial charge in [-0.15, -0.1) is 0 Å². The molecule has 0 aliphatic rings. The third-order valence-corrected chi connectivity index (χ3v) is 2.56. The molecule has 0 radical (unpaired) electrons. The number of halogens is 1. The van der Waals surface area contributed by atoms with Gasteiger partial charge in [0.25, 0.3) is 0 Å². The Balaban J connectivity index is 2.44. The zero-order valence-electron chi connectivity index (χ0n) is 10.3. The maximum absolute atomic E-state index is 13.6. The molecule has 0 aromatic carbocycles. The van der Waals surface area contributed by atoms with Crippen LogP contribution in [-0.4, -0.2) is 21.4 Å². The Hall–Kier alpha value is -1.98. The molecule has 0 aliphatic heterocycles. The Morgan fingerprint density at radius 2 is 2.33 bits per heavy atom. The van der Waals surface area contributed by atoms with Crippen LogP contribution in [0.25, 0.3) is 11.0 Å². The first-order chi connectivity index (χ1) is 8.61. The van der Waals surface area contributed by atoms with Gasteiger partial charge >= 0.3 is 0 Å². The maximum atomic E-state index is 13.6. The average Bonchev–Trinajstić information content (AvgIpc) is 2.75. The number of rotatable bonds is 5. The van der Waals surface area contributed by atoms with Gasteiger partial charge in [0, 0.05) is 0 Å². The average molecular weight is 250 g/mol. The zero-order valence-corrected chi connectivity index (χ0v) is 10.3. The number of carbonyl (C=O) groups excluding carboxylic acids is 1. The molecule has 6 heteroatoms. The molecule has 0 saturated carbocycles. The Morgan fingerprint density at radius 3 is 3.00 bits per heavy atom. The van der Waals surface area contributed by atoms with Gasteiger partial charge in [-0.3, -0.25) is 9.78 Å². The summed E-state index contributed by atoms with van der Waals surface area (Å²) in [4.78, 5) is 21.5. The van der Waals surface area contributed by atoms with Crippen molar-refractivity contribution in [2.75, 3.05) is 0 Å². The van der Waals surface area contributed by atoms with Crippen LogP contribution < -0.4 is 5.32 Å². The molecular weight excluding hydrogens is 235 g/mol. The van der Waals surface area contributed by atoms with Crippen molar-refractivity contribution >= 4 is 17.4 Å². The normalized spacial score (nSPS) is 11.1. The van der Waals surface area contributed by atoms with Crippen LogP contribution in [0.5, 0.6) is 0 Å². The molecule has 5 nitrogen and oxygen atoms in total. The van der Waals surface area contributed by atoms with E-state index in [-0.39, 0.29) is 12.1 Å². The number of amides is 1. The minimum Gasteiger partial charge on any atom is -0.351 e. The molecule has 0 aliphatic carbocycles. The van der Waals surface area contributed by atoms with Crippen molar-refractivity contribution in [1.29, 1.82) is 0 Å². The van der Waals surface area contributed by atoms with Crippen LogP contribution in [0.3, 0.4) is 0 Å². The van der Waals surface area contributed by atoms with Crippen LogP contribution in [0, 0.1) is 11.7 Å². The van der Waals surface area contributed by atoms with Gasteiger partial charge in [-0.05, 0) is 12.3 Å². The second-order valence-corrected chi connectivity index (χ2v) is 4.56. The van der Waals surface area contributed by atoms with Crippen molar-refractivity contribution in [3.63, 3.8) is 0 Å². The van der Waals surface area contributed by atoms with Gasteiger partial charge in [0.05, 0.1) is 24.0 Å². The minimum atomic E-state index is -0.453. The molecule has 0 atom stereocenters. The van der Waals surface area contributed by atoms with Crippen molar-refractivity contribution < 1.29 is 9.18 Å². The van der Waals surface area contributed by atoms with E-state index in [0.29, 0.717) is 23.7 Å². The van der Waals surface area contributed by atoms with E-state index in [2.05, 4.69) is 34.1 Å². The molecular formula is C12H15FN4O. The molecule has 0 bridgehead atoms. The lowest BCUT2D eigenvalue weighted by molar-refractivity contribution is -0.109. The number of aromatic nitrogens is 3. The molecule has 2 rings (SSSR count). The summed E-state index contributed by atoms with van der Waals surface area (Å²) in [6, 6.07) is 0. The summed E-state index contributed by atoms with van der Waals surface area (Å²) in [7, 11) is 0. The highest BCUT2D eigenvalue weighted by Gasteiger charge is 2.13. The molecule has 0 unspecified atom stereocenters. The number of pyridine rings is 1. The SMILES string of the molecule is CC(C)Cc1ncc(F)c2nc(CNC=O)[nH]c12. The predicted octanol–water partition coefficient (Wildman–Crippen LogP) is 1.54. The topological polar surface area (TPSA) is 70.7 Å². The second kappa shape index (κ2) is 5.12. The van der Waals surface area contributed by atoms with E-state index in [1.165, 1.54) is 6.20 Å². The van der Waals surface area contributed by atoms with Crippen LogP contribution in [0.4, 0.5) is 4.39 Å². The zero-order chi connectivity index (χ0) is 13.1. The molecule has 2 aromatic heterocycles. The number of hydrogen-bond donors (Lipinski definition) is 2. The highest BCUT2D eigenvalue weighted by Crippen LogP contribution is 2.20. The lowest BCUT2D eigenvalue weighted by Gasteiger charge is -2.04. The van der Waals surface area contributed by atoms with Crippen molar-refractivity contribution in [1.82, 2.24) is 20.3 Å². The van der Waals surface area contributed by atoms with Crippen LogP contribution in [0.1, 0.15) is 25.4 Å². The third-order valence-electron chi connectivity index (χ3n) is 2.56. The van der Waals surface area contributed by atoms with Gasteiger partial charge in [0.15, 0.2) is 5.82 Å². The van der Waals surface area contributed by atoms with E-state index in [9.17, 15) is 9.18 Å². The second-order valence-electron chi connectivity index (χ2n) is 4.56. The highest BCUT2D eigenvalue weighted by molar-refractivity contribution is 5.77. The standard InChI is InChI=1S/C12H15FN4O/c1-7(2)3-9-12-11(8(13)4-15-9)16-10(17-12)5-14-6-18/h4,6-7H,3,5H2,1-2H3,(H,14,18)(H,16,17). The monoisotopic (exact) mass is 250 g/mol. The molecule has 96 valence electrons. The number of imidazole rings is 1. The fourth-order valence-corrected chi connectivity index (χ4v) is 1.83. The predicted molar refractivity (Wildman–Crippen MR) is 65.3 cm³/mol. The van der Waals surface area contributed by atoms with E-state index < -0.39 is 5.82 Å². The van der Waals surface area contributed by atoms with E-state index in [1.807, 2.05) is 0 Å². The number of nitrogens with zero attached hydrogens (tertiary/aromatic N) is 2. The highest BCUT2D eigenvalue weighted by atomic mass is 19.1. The van der Waals surface area contributed by atoms with Crippen LogP contribution >= 0.6 is 0 Å². The Kier molecular flexibility index (Phi) is 3.55. The van der Waals surface area contributed by atoms with Gasteiger partial charge in [0.1, 0.15) is 11.3 Å². The lowest BCUT2D eigenvalue weighted by atomic mass is 10.1. The summed E-state index contributed by atoms with van der Waals surface area (Å²) in [5, 5.41) is 2.49. The van der Waals surface area contributed by atoms with E-state index in [0.717, 1.165) is 12.1 Å². The molecule has 2 aromatic rings. The Bertz CT molecular complexity index is 564. The van der Waals surface area contributed by atoms with Gasteiger partial charge in [-0.1, -0.05) is 13.8 Å². The van der Waals surface area contributed by atoms with E-state index in [4.69, 9.17) is 0 Å². The molecule has 0 fully saturated rings. The number of hydrogen-bond acceptors (Lipinski definition) is 3. The largest absolute Gasteiger partial charge is 0.351 e. The first kappa shape index (κ1) is 12.5. The summed E-state index contributed by atoms with van der Waals surface area (Å²) in [6.45, 7) is 4.39. The number of fused-ring (bicyclic) bond motifs is 1. The van der Waals surface area contributed by atoms with Crippen LogP contribution in [0.2, 0.25) is 0 Å². The fraction of sp³-hybridized carbons (Fsp3) is 0.417. The molecule has 1 amide bonds. The van der Waals surface area contributed by atoms with Crippen molar-refractivity contribution in [3.8, 4) is 0 Å². The van der Waals surface area contributed by atoms with Crippen LogP contribution in [0.15, 0.2) is 6.20 Å². The Labute approximate surface area is 104 Å². The summed E-state index contributed by atoms with van der Waals surface area (Å²) in [5.41, 5.74) is 1.70. The van der Waals surface area contributed by atoms with Gasteiger partial charge in [-0.2, -0.15) is 0 Å². The van der Waals surface area contributed by atoms with Gasteiger partial charge in [0.2, 0.25) is 6.41 Å². The number of H-pyrrole nitrogens is 1. The number of nitrogens with one attached hydrogen (secondary N) is 2. The molecule has 0 spiro atoms. The third kappa shape index (κ3) is 2.47. The fourth-order valence-electron chi connectivity index (χ4n) is 1.83. The summed E-state index contributed by atoms with van der Waals surface area (Å²) in [6.07, 6.45) is 2.52. The Morgan fingerprint density at radius 1 is 1.56 bits per heavy atom. The van der Waals surface area contributed by atoms with Crippen LogP contribution in [-0.2, 0) is 17.8 Å². The van der Waals surface area contributed by atoms with Crippen molar-refractivity contribution in [2.45, 2.75) is 26.8 Å². The summed E-state index contributed by atoms with van der Waals surface area (Å²) in [5.74, 6) is 0.492. The maximum Gasteiger partial charge on any atom is 0.207 e. The van der Waals surface area contributed by atoms with E-state index in [1.54, 1.807) is 0 Å². The first-order valence-electron chi connectivity index (χ1n) is 5.80. The summed E-state index contributed by atoms with van der Waals surface area (Å²) < 4.78 is 13.6. The quantitative estimate of drug-likeness (QED) is 0.791. The van der Waals surface area contributed by atoms with Gasteiger partial charge < -0.3 is 10.3 Å². The molecule has 2 heterocycles. The van der Waals surface area contributed by atoms with Crippen molar-refractivity contribution in [3.05, 3.63) is 23.5 Å². The van der Waals surface area contributed by atoms with E-state index >= 15 is 0 Å². The first-order valence-corrected chi connectivity index (χ1v) is 5.80. The number of aromatic amines is 1. The van der Waals surface area contributed by atoms with Crippen molar-refractivity contribution in [2.24, 2.45) is 5.92 Å².